The van der Waals surface area contributed by atoms with E-state index in [0.29, 0.717) is 6.54 Å². The molecule has 2 N–H and O–H groups in total. The molecule has 2 aliphatic heterocycles. The van der Waals surface area contributed by atoms with Gasteiger partial charge in [0.25, 0.3) is 5.91 Å². The van der Waals surface area contributed by atoms with Crippen LogP contribution in [0.1, 0.15) is 13.3 Å². The molecule has 0 saturated carbocycles. The van der Waals surface area contributed by atoms with Crippen molar-refractivity contribution in [2.75, 3.05) is 27.2 Å². The predicted molar refractivity (Wildman–Crippen MR) is 63.8 cm³/mol. The lowest BCUT2D eigenvalue weighted by molar-refractivity contribution is -0.140. The van der Waals surface area contributed by atoms with Crippen LogP contribution in [0.3, 0.4) is 0 Å². The fraction of sp³-hybridized carbons (Fsp3) is 0.667. The van der Waals surface area contributed by atoms with Gasteiger partial charge in [0.1, 0.15) is 5.76 Å². The Kier molecular flexibility index (Phi) is 3.06. The van der Waals surface area contributed by atoms with Gasteiger partial charge in [-0.25, -0.2) is 4.79 Å². The third kappa shape index (κ3) is 1.77. The molecule has 2 unspecified atom stereocenters. The number of aliphatic hydroxyl groups excluding tert-OH is 1. The highest BCUT2D eigenvalue weighted by Gasteiger charge is 2.50. The van der Waals surface area contributed by atoms with Crippen LogP contribution in [0.2, 0.25) is 0 Å². The van der Waals surface area contributed by atoms with E-state index in [0.717, 1.165) is 13.0 Å². The zero-order chi connectivity index (χ0) is 13.5. The molecule has 1 amide bonds. The molecule has 0 aromatic heterocycles. The molecule has 0 aromatic carbocycles. The Bertz CT molecular complexity index is 432. The standard InChI is InChI=1S/C12H18N2O4/c1-12-6-14(2)5-4-7(12)13-10(16)8(9(12)15)11(17)18-3/h7,15H,4-6H2,1-3H3,(H,13,16). The van der Waals surface area contributed by atoms with Crippen molar-refractivity contribution in [3.8, 4) is 0 Å². The van der Waals surface area contributed by atoms with Gasteiger partial charge in [0, 0.05) is 12.6 Å². The number of hydrogen-bond donors (Lipinski definition) is 2. The Hall–Kier alpha value is -1.56. The van der Waals surface area contributed by atoms with Crippen molar-refractivity contribution in [2.45, 2.75) is 19.4 Å². The van der Waals surface area contributed by atoms with Gasteiger partial charge >= 0.3 is 5.97 Å². The average Bonchev–Trinajstić information content (AvgIpc) is 2.31. The lowest BCUT2D eigenvalue weighted by Gasteiger charge is -2.47. The van der Waals surface area contributed by atoms with Crippen molar-refractivity contribution in [3.63, 3.8) is 0 Å². The summed E-state index contributed by atoms with van der Waals surface area (Å²) in [5.41, 5.74) is -0.906. The third-order valence-corrected chi connectivity index (χ3v) is 3.87. The molecular formula is C12H18N2O4. The van der Waals surface area contributed by atoms with E-state index in [4.69, 9.17) is 0 Å². The second kappa shape index (κ2) is 4.28. The Morgan fingerprint density at radius 3 is 2.89 bits per heavy atom. The number of nitrogens with one attached hydrogen (secondary N) is 1. The van der Waals surface area contributed by atoms with E-state index in [9.17, 15) is 14.7 Å². The summed E-state index contributed by atoms with van der Waals surface area (Å²) in [6.45, 7) is 3.29. The molecule has 100 valence electrons. The Morgan fingerprint density at radius 1 is 1.61 bits per heavy atom. The van der Waals surface area contributed by atoms with Gasteiger partial charge in [-0.05, 0) is 26.9 Å². The van der Waals surface area contributed by atoms with E-state index in [-0.39, 0.29) is 17.4 Å². The number of piperidine rings is 1. The first-order valence-corrected chi connectivity index (χ1v) is 5.91. The van der Waals surface area contributed by atoms with Crippen LogP contribution in [0.25, 0.3) is 0 Å². The van der Waals surface area contributed by atoms with E-state index in [1.54, 1.807) is 0 Å². The summed E-state index contributed by atoms with van der Waals surface area (Å²) in [5, 5.41) is 13.1. The summed E-state index contributed by atoms with van der Waals surface area (Å²) in [4.78, 5) is 25.5. The second-order valence-corrected chi connectivity index (χ2v) is 5.19. The topological polar surface area (TPSA) is 78.9 Å². The van der Waals surface area contributed by atoms with Crippen molar-refractivity contribution in [3.05, 3.63) is 11.3 Å². The fourth-order valence-electron chi connectivity index (χ4n) is 2.80. The van der Waals surface area contributed by atoms with Crippen LogP contribution >= 0.6 is 0 Å². The van der Waals surface area contributed by atoms with Crippen LogP contribution < -0.4 is 5.32 Å². The van der Waals surface area contributed by atoms with Gasteiger partial charge < -0.3 is 20.1 Å². The number of nitrogens with zero attached hydrogens (tertiary/aromatic N) is 1. The number of carbonyl (C=O) groups is 2. The molecule has 18 heavy (non-hydrogen) atoms. The molecule has 0 aliphatic carbocycles. The summed E-state index contributed by atoms with van der Waals surface area (Å²) in [5.74, 6) is -1.50. The van der Waals surface area contributed by atoms with Crippen LogP contribution in [-0.2, 0) is 14.3 Å². The first-order chi connectivity index (χ1) is 8.40. The molecular weight excluding hydrogens is 236 g/mol. The highest BCUT2D eigenvalue weighted by atomic mass is 16.5. The minimum absolute atomic E-state index is 0.144. The molecule has 6 nitrogen and oxygen atoms in total. The highest BCUT2D eigenvalue weighted by molar-refractivity contribution is 6.17. The smallest absolute Gasteiger partial charge is 0.346 e. The second-order valence-electron chi connectivity index (χ2n) is 5.19. The summed E-state index contributed by atoms with van der Waals surface area (Å²) in [7, 11) is 3.14. The quantitative estimate of drug-likeness (QED) is 0.501. The Morgan fingerprint density at radius 2 is 2.28 bits per heavy atom. The molecule has 0 spiro atoms. The number of amides is 1. The van der Waals surface area contributed by atoms with Crippen LogP contribution in [0.15, 0.2) is 11.3 Å². The number of rotatable bonds is 1. The van der Waals surface area contributed by atoms with Crippen LogP contribution in [-0.4, -0.2) is 55.2 Å². The Balaban J connectivity index is 2.46. The van der Waals surface area contributed by atoms with Crippen molar-refractivity contribution in [1.29, 1.82) is 0 Å². The third-order valence-electron chi connectivity index (χ3n) is 3.87. The first-order valence-electron chi connectivity index (χ1n) is 5.91. The zero-order valence-electron chi connectivity index (χ0n) is 10.8. The van der Waals surface area contributed by atoms with Crippen molar-refractivity contribution < 1.29 is 19.4 Å². The predicted octanol–water partition coefficient (Wildman–Crippen LogP) is -0.188. The number of hydrogen-bond acceptors (Lipinski definition) is 5. The first kappa shape index (κ1) is 12.9. The molecule has 0 radical (unpaired) electrons. The molecule has 1 saturated heterocycles. The summed E-state index contributed by atoms with van der Waals surface area (Å²) in [6, 6.07) is -0.144. The van der Waals surface area contributed by atoms with E-state index in [1.165, 1.54) is 7.11 Å². The number of carbonyl (C=O) groups excluding carboxylic acids is 2. The maximum atomic E-state index is 11.8. The maximum Gasteiger partial charge on any atom is 0.346 e. The summed E-state index contributed by atoms with van der Waals surface area (Å²) >= 11 is 0. The van der Waals surface area contributed by atoms with Crippen molar-refractivity contribution in [2.24, 2.45) is 5.41 Å². The van der Waals surface area contributed by atoms with Gasteiger partial charge in [0.2, 0.25) is 0 Å². The van der Waals surface area contributed by atoms with Gasteiger partial charge in [-0.3, -0.25) is 4.79 Å². The van der Waals surface area contributed by atoms with Gasteiger partial charge in [0.15, 0.2) is 5.57 Å². The van der Waals surface area contributed by atoms with Crippen molar-refractivity contribution >= 4 is 11.9 Å². The number of esters is 1. The van der Waals surface area contributed by atoms with E-state index in [2.05, 4.69) is 15.0 Å². The van der Waals surface area contributed by atoms with Crippen molar-refractivity contribution in [1.82, 2.24) is 10.2 Å². The van der Waals surface area contributed by atoms with Gasteiger partial charge in [-0.1, -0.05) is 0 Å². The highest BCUT2D eigenvalue weighted by Crippen LogP contribution is 2.39. The van der Waals surface area contributed by atoms with Crippen LogP contribution in [0.4, 0.5) is 0 Å². The number of ether oxygens (including phenoxy) is 1. The maximum absolute atomic E-state index is 11.8. The Labute approximate surface area is 106 Å². The number of likely N-dealkylation sites (tertiary alicyclic amines) is 1. The monoisotopic (exact) mass is 254 g/mol. The zero-order valence-corrected chi connectivity index (χ0v) is 10.8. The molecule has 2 aliphatic rings. The molecule has 6 heteroatoms. The summed E-state index contributed by atoms with van der Waals surface area (Å²) < 4.78 is 4.55. The normalized spacial score (nSPS) is 32.8. The van der Waals surface area contributed by atoms with Crippen LogP contribution in [0.5, 0.6) is 0 Å². The molecule has 2 atom stereocenters. The lowest BCUT2D eigenvalue weighted by atomic mass is 9.72. The minimum atomic E-state index is -0.794. The number of methoxy groups -OCH3 is 1. The molecule has 0 aromatic rings. The van der Waals surface area contributed by atoms with E-state index < -0.39 is 17.3 Å². The van der Waals surface area contributed by atoms with Gasteiger partial charge in [0.05, 0.1) is 12.5 Å². The SMILES string of the molecule is COC(=O)C1=C(O)C2(C)CN(C)CCC2NC1=O. The molecule has 0 bridgehead atoms. The largest absolute Gasteiger partial charge is 0.510 e. The van der Waals surface area contributed by atoms with Crippen LogP contribution in [0, 0.1) is 5.41 Å². The van der Waals surface area contributed by atoms with E-state index >= 15 is 0 Å². The van der Waals surface area contributed by atoms with E-state index in [1.807, 2.05) is 14.0 Å². The van der Waals surface area contributed by atoms with Gasteiger partial charge in [-0.2, -0.15) is 0 Å². The lowest BCUT2D eigenvalue weighted by Crippen LogP contribution is -2.61. The number of fused-ring (bicyclic) bond motifs is 1. The van der Waals surface area contributed by atoms with Gasteiger partial charge in [-0.15, -0.1) is 0 Å². The molecule has 1 fully saturated rings. The molecule has 2 rings (SSSR count). The molecule has 2 heterocycles. The minimum Gasteiger partial charge on any atom is -0.510 e. The number of aliphatic hydroxyl groups is 1. The summed E-state index contributed by atoms with van der Waals surface area (Å²) in [6.07, 6.45) is 0.747. The fourth-order valence-corrected chi connectivity index (χ4v) is 2.80. The average molecular weight is 254 g/mol.